The van der Waals surface area contributed by atoms with Crippen molar-refractivity contribution in [2.75, 3.05) is 16.9 Å². The van der Waals surface area contributed by atoms with Gasteiger partial charge in [0.15, 0.2) is 9.84 Å². The lowest BCUT2D eigenvalue weighted by Crippen LogP contribution is -2.32. The molecule has 0 radical (unpaired) electrons. The molecule has 0 saturated heterocycles. The molecule has 2 aromatic heterocycles. The van der Waals surface area contributed by atoms with Crippen LogP contribution in [0.25, 0.3) is 10.9 Å². The van der Waals surface area contributed by atoms with Crippen LogP contribution in [0.1, 0.15) is 21.6 Å². The number of nitrogen functional groups attached to an aromatic ring is 1. The molecular formula is C24H18ClF3N4O3S. The summed E-state index contributed by atoms with van der Waals surface area (Å²) < 4.78 is 63.8. The third-order valence-corrected chi connectivity index (χ3v) is 6.75. The van der Waals surface area contributed by atoms with Gasteiger partial charge in [-0.3, -0.25) is 9.78 Å². The van der Waals surface area contributed by atoms with E-state index < -0.39 is 27.6 Å². The van der Waals surface area contributed by atoms with Crippen molar-refractivity contribution in [1.82, 2.24) is 9.97 Å². The number of nitrogens with zero attached hydrogens (tertiary/aromatic N) is 3. The second kappa shape index (κ2) is 9.40. The van der Waals surface area contributed by atoms with Crippen molar-refractivity contribution in [3.05, 3.63) is 88.7 Å². The van der Waals surface area contributed by atoms with Crippen molar-refractivity contribution in [3.63, 3.8) is 0 Å². The molecule has 4 rings (SSSR count). The second-order valence-corrected chi connectivity index (χ2v) is 10.3. The van der Waals surface area contributed by atoms with Gasteiger partial charge in [0.2, 0.25) is 0 Å². The summed E-state index contributed by atoms with van der Waals surface area (Å²) in [5.41, 5.74) is 5.62. The standard InChI is InChI=1S/C24H18ClF3N4O3S/c1-36(34,35)20-5-3-2-4-19(20)32(23(33)16-8-9-21(30-12-16)24(26,27)28)13-14-6-7-15-11-17(25)22(29)31-18(15)10-14/h2-12H,13H2,1H3,(H2,29,31). The van der Waals surface area contributed by atoms with E-state index in [4.69, 9.17) is 17.3 Å². The van der Waals surface area contributed by atoms with Crippen LogP contribution in [0.5, 0.6) is 0 Å². The van der Waals surface area contributed by atoms with Gasteiger partial charge in [-0.15, -0.1) is 0 Å². The van der Waals surface area contributed by atoms with Crippen molar-refractivity contribution in [3.8, 4) is 0 Å². The Hall–Kier alpha value is -3.70. The van der Waals surface area contributed by atoms with Gasteiger partial charge in [0.05, 0.1) is 33.2 Å². The van der Waals surface area contributed by atoms with Crippen molar-refractivity contribution in [1.29, 1.82) is 0 Å². The van der Waals surface area contributed by atoms with Crippen LogP contribution in [-0.2, 0) is 22.6 Å². The number of hydrogen-bond acceptors (Lipinski definition) is 6. The first-order chi connectivity index (χ1) is 16.8. The molecule has 0 aliphatic rings. The first-order valence-corrected chi connectivity index (χ1v) is 12.6. The number of carbonyl (C=O) groups is 1. The molecule has 2 heterocycles. The summed E-state index contributed by atoms with van der Waals surface area (Å²) in [6.45, 7) is -0.119. The zero-order valence-corrected chi connectivity index (χ0v) is 20.2. The number of hydrogen-bond donors (Lipinski definition) is 1. The fourth-order valence-corrected chi connectivity index (χ4v) is 4.63. The zero-order chi connectivity index (χ0) is 26.3. The van der Waals surface area contributed by atoms with E-state index in [2.05, 4.69) is 9.97 Å². The molecular weight excluding hydrogens is 517 g/mol. The van der Waals surface area contributed by atoms with Crippen LogP contribution in [0.3, 0.4) is 0 Å². The van der Waals surface area contributed by atoms with Crippen LogP contribution in [0, 0.1) is 0 Å². The molecule has 7 nitrogen and oxygen atoms in total. The molecule has 186 valence electrons. The molecule has 12 heteroatoms. The molecule has 1 amide bonds. The van der Waals surface area contributed by atoms with Crippen LogP contribution in [-0.4, -0.2) is 30.5 Å². The second-order valence-electron chi connectivity index (χ2n) is 7.94. The average molecular weight is 535 g/mol. The van der Waals surface area contributed by atoms with E-state index in [1.165, 1.54) is 23.1 Å². The first-order valence-electron chi connectivity index (χ1n) is 10.3. The number of rotatable bonds is 5. The van der Waals surface area contributed by atoms with Gasteiger partial charge in [-0.05, 0) is 42.0 Å². The average Bonchev–Trinajstić information content (AvgIpc) is 2.82. The van der Waals surface area contributed by atoms with Crippen LogP contribution < -0.4 is 10.6 Å². The number of fused-ring (bicyclic) bond motifs is 1. The summed E-state index contributed by atoms with van der Waals surface area (Å²) in [5, 5.41) is 0.975. The van der Waals surface area contributed by atoms with Gasteiger partial charge in [0.25, 0.3) is 5.91 Å². The van der Waals surface area contributed by atoms with Crippen molar-refractivity contribution < 1.29 is 26.4 Å². The molecule has 0 unspecified atom stereocenters. The zero-order valence-electron chi connectivity index (χ0n) is 18.6. The number of sulfone groups is 1. The SMILES string of the molecule is CS(=O)(=O)c1ccccc1N(Cc1ccc2cc(Cl)c(N)nc2c1)C(=O)c1ccc(C(F)(F)F)nc1. The minimum absolute atomic E-state index is 0.0635. The van der Waals surface area contributed by atoms with Gasteiger partial charge in [-0.2, -0.15) is 13.2 Å². The number of carbonyl (C=O) groups excluding carboxylic acids is 1. The molecule has 4 aromatic rings. The fraction of sp³-hybridized carbons (Fsp3) is 0.125. The van der Waals surface area contributed by atoms with Gasteiger partial charge in [0.1, 0.15) is 11.5 Å². The van der Waals surface area contributed by atoms with E-state index in [1.54, 1.807) is 30.3 Å². The lowest BCUT2D eigenvalue weighted by molar-refractivity contribution is -0.141. The van der Waals surface area contributed by atoms with Crippen LogP contribution in [0.4, 0.5) is 24.7 Å². The van der Waals surface area contributed by atoms with Gasteiger partial charge in [0, 0.05) is 17.8 Å². The third-order valence-electron chi connectivity index (χ3n) is 5.30. The summed E-state index contributed by atoms with van der Waals surface area (Å²) >= 11 is 6.03. The number of aromatic nitrogens is 2. The first kappa shape index (κ1) is 25.4. The van der Waals surface area contributed by atoms with Gasteiger partial charge >= 0.3 is 6.18 Å². The number of pyridine rings is 2. The van der Waals surface area contributed by atoms with Crippen LogP contribution in [0.15, 0.2) is 71.8 Å². The smallest absolute Gasteiger partial charge is 0.382 e. The van der Waals surface area contributed by atoms with Gasteiger partial charge in [-0.1, -0.05) is 35.9 Å². The topological polar surface area (TPSA) is 106 Å². The molecule has 0 aliphatic heterocycles. The molecule has 0 saturated carbocycles. The minimum Gasteiger partial charge on any atom is -0.382 e. The molecule has 2 N–H and O–H groups in total. The summed E-state index contributed by atoms with van der Waals surface area (Å²) in [6, 6.07) is 14.3. The van der Waals surface area contributed by atoms with Crippen LogP contribution >= 0.6 is 11.6 Å². The largest absolute Gasteiger partial charge is 0.433 e. The van der Waals surface area contributed by atoms with E-state index in [9.17, 15) is 26.4 Å². The number of para-hydroxylation sites is 1. The van der Waals surface area contributed by atoms with Gasteiger partial charge in [-0.25, -0.2) is 13.4 Å². The third kappa shape index (κ3) is 5.26. The highest BCUT2D eigenvalue weighted by molar-refractivity contribution is 7.90. The number of nitrogens with two attached hydrogens (primary N) is 1. The quantitative estimate of drug-likeness (QED) is 0.380. The molecule has 0 spiro atoms. The fourth-order valence-electron chi connectivity index (χ4n) is 3.59. The predicted molar refractivity (Wildman–Crippen MR) is 130 cm³/mol. The molecule has 36 heavy (non-hydrogen) atoms. The van der Waals surface area contributed by atoms with Crippen molar-refractivity contribution in [2.24, 2.45) is 0 Å². The van der Waals surface area contributed by atoms with Gasteiger partial charge < -0.3 is 10.6 Å². The summed E-state index contributed by atoms with van der Waals surface area (Å²) in [5.74, 6) is -0.622. The van der Waals surface area contributed by atoms with E-state index in [0.717, 1.165) is 18.5 Å². The maximum absolute atomic E-state index is 13.5. The number of benzene rings is 2. The van der Waals surface area contributed by atoms with Crippen molar-refractivity contribution >= 4 is 49.8 Å². The molecule has 0 atom stereocenters. The number of alkyl halides is 3. The van der Waals surface area contributed by atoms with E-state index in [0.29, 0.717) is 22.5 Å². The number of amides is 1. The Morgan fingerprint density at radius 2 is 1.81 bits per heavy atom. The molecule has 0 aliphatic carbocycles. The minimum atomic E-state index is -4.67. The monoisotopic (exact) mass is 534 g/mol. The maximum Gasteiger partial charge on any atom is 0.433 e. The molecule has 2 aromatic carbocycles. The Morgan fingerprint density at radius 1 is 1.08 bits per heavy atom. The van der Waals surface area contributed by atoms with E-state index in [1.807, 2.05) is 0 Å². The highest BCUT2D eigenvalue weighted by Crippen LogP contribution is 2.31. The number of halogens is 4. The highest BCUT2D eigenvalue weighted by Gasteiger charge is 2.33. The van der Waals surface area contributed by atoms with Crippen molar-refractivity contribution in [2.45, 2.75) is 17.6 Å². The Kier molecular flexibility index (Phi) is 6.63. The maximum atomic E-state index is 13.5. The van der Waals surface area contributed by atoms with E-state index >= 15 is 0 Å². The Labute approximate surface area is 209 Å². The lowest BCUT2D eigenvalue weighted by Gasteiger charge is -2.25. The number of anilines is 2. The highest BCUT2D eigenvalue weighted by atomic mass is 35.5. The Bertz CT molecular complexity index is 1580. The normalized spacial score (nSPS) is 12.0. The van der Waals surface area contributed by atoms with Crippen LogP contribution in [0.2, 0.25) is 5.02 Å². The summed E-state index contributed by atoms with van der Waals surface area (Å²) in [4.78, 5) is 22.2. The molecule has 0 fully saturated rings. The predicted octanol–water partition coefficient (Wildman–Crippen LogP) is 5.13. The summed E-state index contributed by atoms with van der Waals surface area (Å²) in [6.07, 6.45) is -2.86. The molecule has 0 bridgehead atoms. The Balaban J connectivity index is 1.81. The summed E-state index contributed by atoms with van der Waals surface area (Å²) in [7, 11) is -3.76. The lowest BCUT2D eigenvalue weighted by atomic mass is 10.1. The van der Waals surface area contributed by atoms with E-state index in [-0.39, 0.29) is 33.5 Å². The Morgan fingerprint density at radius 3 is 2.44 bits per heavy atom.